The van der Waals surface area contributed by atoms with Crippen molar-refractivity contribution in [3.8, 4) is 0 Å². The van der Waals surface area contributed by atoms with Gasteiger partial charge in [-0.15, -0.1) is 0 Å². The zero-order valence-corrected chi connectivity index (χ0v) is 10.0. The van der Waals surface area contributed by atoms with Crippen molar-refractivity contribution in [2.24, 2.45) is 5.41 Å². The van der Waals surface area contributed by atoms with Crippen LogP contribution in [-0.4, -0.2) is 42.1 Å². The summed E-state index contributed by atoms with van der Waals surface area (Å²) < 4.78 is 0. The van der Waals surface area contributed by atoms with Gasteiger partial charge in [-0.25, -0.2) is 0 Å². The van der Waals surface area contributed by atoms with Crippen LogP contribution < -0.4 is 0 Å². The topological polar surface area (TPSA) is 6.48 Å². The van der Waals surface area contributed by atoms with Crippen molar-refractivity contribution in [3.05, 3.63) is 0 Å². The lowest BCUT2D eigenvalue weighted by atomic mass is 9.64. The van der Waals surface area contributed by atoms with E-state index in [0.717, 1.165) is 11.5 Å². The third-order valence-corrected chi connectivity index (χ3v) is 4.85. The van der Waals surface area contributed by atoms with Gasteiger partial charge in [-0.2, -0.15) is 0 Å². The van der Waals surface area contributed by atoms with Crippen LogP contribution in [0.4, 0.5) is 0 Å². The average Bonchev–Trinajstić information content (AvgIpc) is 2.10. The molecular weight excluding hydrogens is 184 g/mol. The van der Waals surface area contributed by atoms with Gasteiger partial charge in [0.1, 0.15) is 0 Å². The molecule has 0 aromatic rings. The van der Waals surface area contributed by atoms with E-state index in [-0.39, 0.29) is 0 Å². The van der Waals surface area contributed by atoms with Crippen LogP contribution >= 0.6 is 0 Å². The maximum Gasteiger partial charge on any atom is 0.0509 e. The molecule has 0 aromatic heterocycles. The Bertz CT molecular complexity index is 227. The van der Waals surface area contributed by atoms with Gasteiger partial charge in [0.15, 0.2) is 0 Å². The largest absolute Gasteiger partial charge is 0.289 e. The minimum Gasteiger partial charge on any atom is -0.289 e. The number of nitrogens with zero attached hydrogens (tertiary/aromatic N) is 2. The van der Waals surface area contributed by atoms with E-state index in [2.05, 4.69) is 16.7 Å². The van der Waals surface area contributed by atoms with Gasteiger partial charge in [-0.1, -0.05) is 12.8 Å². The molecule has 1 unspecified atom stereocenters. The first-order chi connectivity index (χ1) is 7.27. The monoisotopic (exact) mass is 208 g/mol. The van der Waals surface area contributed by atoms with E-state index >= 15 is 0 Å². The zero-order chi connectivity index (χ0) is 10.3. The number of hydrogen-bond donors (Lipinski definition) is 0. The molecule has 2 saturated heterocycles. The molecule has 1 saturated carbocycles. The molecule has 86 valence electrons. The highest BCUT2D eigenvalue weighted by Gasteiger charge is 2.47. The van der Waals surface area contributed by atoms with E-state index in [1.54, 1.807) is 0 Å². The fraction of sp³-hybridized carbons (Fsp3) is 1.00. The highest BCUT2D eigenvalue weighted by atomic mass is 15.4. The molecular formula is C13H24N2. The van der Waals surface area contributed by atoms with E-state index in [1.165, 1.54) is 64.8 Å². The van der Waals surface area contributed by atoms with Crippen molar-refractivity contribution < 1.29 is 0 Å². The maximum atomic E-state index is 2.69. The lowest BCUT2D eigenvalue weighted by Gasteiger charge is -2.57. The summed E-state index contributed by atoms with van der Waals surface area (Å²) in [5.74, 6) is 0. The molecule has 3 aliphatic rings. The molecule has 1 spiro atoms. The van der Waals surface area contributed by atoms with Gasteiger partial charge >= 0.3 is 0 Å². The molecule has 1 aliphatic carbocycles. The molecule has 3 rings (SSSR count). The number of piperidine rings is 1. The summed E-state index contributed by atoms with van der Waals surface area (Å²) in [6.45, 7) is 7.79. The van der Waals surface area contributed by atoms with Gasteiger partial charge in [0.2, 0.25) is 0 Å². The van der Waals surface area contributed by atoms with Crippen LogP contribution in [0.5, 0.6) is 0 Å². The van der Waals surface area contributed by atoms with Crippen LogP contribution in [0.15, 0.2) is 0 Å². The van der Waals surface area contributed by atoms with Gasteiger partial charge in [0.05, 0.1) is 6.67 Å². The Morgan fingerprint density at radius 1 is 1.13 bits per heavy atom. The molecule has 0 amide bonds. The first kappa shape index (κ1) is 10.1. The van der Waals surface area contributed by atoms with Crippen LogP contribution in [0.3, 0.4) is 0 Å². The van der Waals surface area contributed by atoms with Crippen molar-refractivity contribution in [1.29, 1.82) is 0 Å². The fourth-order valence-electron chi connectivity index (χ4n) is 3.62. The molecule has 0 aromatic carbocycles. The van der Waals surface area contributed by atoms with E-state index in [9.17, 15) is 0 Å². The summed E-state index contributed by atoms with van der Waals surface area (Å²) in [5, 5.41) is 0. The highest BCUT2D eigenvalue weighted by Crippen LogP contribution is 2.48. The van der Waals surface area contributed by atoms with E-state index in [4.69, 9.17) is 0 Å². The predicted octanol–water partition coefficient (Wildman–Crippen LogP) is 2.30. The second-order valence-electron chi connectivity index (χ2n) is 6.14. The molecule has 0 bridgehead atoms. The van der Waals surface area contributed by atoms with Crippen molar-refractivity contribution in [2.75, 3.05) is 26.3 Å². The van der Waals surface area contributed by atoms with Gasteiger partial charge in [-0.05, 0) is 44.6 Å². The van der Waals surface area contributed by atoms with E-state index in [0.29, 0.717) is 0 Å². The van der Waals surface area contributed by atoms with Gasteiger partial charge < -0.3 is 0 Å². The summed E-state index contributed by atoms with van der Waals surface area (Å²) in [6.07, 6.45) is 8.80. The summed E-state index contributed by atoms with van der Waals surface area (Å²) in [7, 11) is 0. The first-order valence-electron chi connectivity index (χ1n) is 6.74. The molecule has 2 heterocycles. The number of likely N-dealkylation sites (tertiary alicyclic amines) is 2. The quantitative estimate of drug-likeness (QED) is 0.687. The van der Waals surface area contributed by atoms with Gasteiger partial charge in [-0.3, -0.25) is 9.80 Å². The zero-order valence-electron chi connectivity index (χ0n) is 10.0. The Hall–Kier alpha value is -0.0800. The second-order valence-corrected chi connectivity index (χ2v) is 6.14. The molecule has 3 fully saturated rings. The Kier molecular flexibility index (Phi) is 2.52. The van der Waals surface area contributed by atoms with Crippen LogP contribution in [0, 0.1) is 5.41 Å². The Morgan fingerprint density at radius 3 is 2.53 bits per heavy atom. The van der Waals surface area contributed by atoms with Gasteiger partial charge in [0.25, 0.3) is 0 Å². The molecule has 2 aliphatic heterocycles. The predicted molar refractivity (Wildman–Crippen MR) is 62.7 cm³/mol. The molecule has 2 nitrogen and oxygen atoms in total. The lowest BCUT2D eigenvalue weighted by Crippen LogP contribution is -2.62. The minimum atomic E-state index is 0.805. The maximum absolute atomic E-state index is 2.69. The number of hydrogen-bond acceptors (Lipinski definition) is 2. The summed E-state index contributed by atoms with van der Waals surface area (Å²) in [6, 6.07) is 0.830. The van der Waals surface area contributed by atoms with E-state index in [1.807, 2.05) is 0 Å². The average molecular weight is 208 g/mol. The first-order valence-corrected chi connectivity index (χ1v) is 6.74. The van der Waals surface area contributed by atoms with Crippen molar-refractivity contribution in [3.63, 3.8) is 0 Å². The Labute approximate surface area is 93.6 Å². The van der Waals surface area contributed by atoms with Crippen molar-refractivity contribution in [2.45, 2.75) is 51.5 Å². The van der Waals surface area contributed by atoms with Crippen molar-refractivity contribution in [1.82, 2.24) is 9.80 Å². The summed E-state index contributed by atoms with van der Waals surface area (Å²) in [5.41, 5.74) is 0.805. The fourth-order valence-corrected chi connectivity index (χ4v) is 3.62. The van der Waals surface area contributed by atoms with Crippen LogP contribution in [0.1, 0.15) is 45.4 Å². The smallest absolute Gasteiger partial charge is 0.0509 e. The lowest BCUT2D eigenvalue weighted by molar-refractivity contribution is -0.0917. The third kappa shape index (κ3) is 1.83. The molecule has 0 N–H and O–H groups in total. The second kappa shape index (κ2) is 3.74. The summed E-state index contributed by atoms with van der Waals surface area (Å²) >= 11 is 0. The molecule has 0 radical (unpaired) electrons. The minimum absolute atomic E-state index is 0.805. The van der Waals surface area contributed by atoms with Gasteiger partial charge in [0, 0.05) is 19.1 Å². The Morgan fingerprint density at radius 2 is 1.93 bits per heavy atom. The van der Waals surface area contributed by atoms with Crippen LogP contribution in [0.2, 0.25) is 0 Å². The van der Waals surface area contributed by atoms with Crippen LogP contribution in [0.25, 0.3) is 0 Å². The third-order valence-electron chi connectivity index (χ3n) is 4.85. The normalized spacial score (nSPS) is 36.2. The van der Waals surface area contributed by atoms with Crippen LogP contribution in [-0.2, 0) is 0 Å². The molecule has 2 heteroatoms. The summed E-state index contributed by atoms with van der Waals surface area (Å²) in [4.78, 5) is 5.36. The standard InChI is InChI=1S/C13H24N2/c1-12-5-2-3-8-15(12)11-14-9-13(10-14)6-4-7-13/h12H,2-11H2,1H3. The van der Waals surface area contributed by atoms with Crippen molar-refractivity contribution >= 4 is 0 Å². The molecule has 1 atom stereocenters. The highest BCUT2D eigenvalue weighted by molar-refractivity contribution is 5.00. The van der Waals surface area contributed by atoms with E-state index < -0.39 is 0 Å². The number of rotatable bonds is 2. The Balaban J connectivity index is 1.45. The molecule has 15 heavy (non-hydrogen) atoms. The SMILES string of the molecule is CC1CCCCN1CN1CC2(CCC2)C1.